The summed E-state index contributed by atoms with van der Waals surface area (Å²) in [6.45, 7) is 0.512. The Balaban J connectivity index is 1.44. The summed E-state index contributed by atoms with van der Waals surface area (Å²) in [6.07, 6.45) is 6.47. The van der Waals surface area contributed by atoms with Crippen molar-refractivity contribution in [3.05, 3.63) is 54.2 Å². The number of rotatable bonds is 14. The van der Waals surface area contributed by atoms with E-state index in [1.165, 1.54) is 11.2 Å². The van der Waals surface area contributed by atoms with Crippen LogP contribution in [0.5, 0.6) is 0 Å². The van der Waals surface area contributed by atoms with Crippen LogP contribution in [-0.2, 0) is 32.0 Å². The Bertz CT molecular complexity index is 1450. The number of carboxylic acid groups (broad SMARTS) is 1. The molecule has 15 heteroatoms. The van der Waals surface area contributed by atoms with E-state index in [0.717, 1.165) is 16.5 Å². The molecule has 1 fully saturated rings. The number of nitrogens with two attached hydrogens (primary N) is 3. The minimum absolute atomic E-state index is 0.0590. The Labute approximate surface area is 247 Å². The van der Waals surface area contributed by atoms with Crippen molar-refractivity contribution < 1.29 is 24.3 Å². The van der Waals surface area contributed by atoms with Crippen LogP contribution in [0, 0.1) is 0 Å². The SMILES string of the molecule is NC(N)=NCCCC(NC(=O)C(N)Cc1cnc[nH]1)C(=O)N1CCCC1C(=O)NC(Cc1c[nH]c2ccccc12)C(=O)O. The number of aromatic amines is 2. The zero-order valence-corrected chi connectivity index (χ0v) is 23.7. The molecule has 43 heavy (non-hydrogen) atoms. The summed E-state index contributed by atoms with van der Waals surface area (Å²) in [4.78, 5) is 67.5. The molecule has 0 aliphatic carbocycles. The van der Waals surface area contributed by atoms with Crippen LogP contribution in [0.15, 0.2) is 48.0 Å². The van der Waals surface area contributed by atoms with Gasteiger partial charge < -0.3 is 47.8 Å². The fourth-order valence-corrected chi connectivity index (χ4v) is 5.26. The number of H-pyrrole nitrogens is 2. The second kappa shape index (κ2) is 14.3. The zero-order chi connectivity index (χ0) is 30.9. The van der Waals surface area contributed by atoms with Crippen molar-refractivity contribution in [1.82, 2.24) is 30.5 Å². The fourth-order valence-electron chi connectivity index (χ4n) is 5.26. The molecule has 0 saturated carbocycles. The minimum Gasteiger partial charge on any atom is -0.480 e. The van der Waals surface area contributed by atoms with Crippen molar-refractivity contribution in [2.75, 3.05) is 13.1 Å². The van der Waals surface area contributed by atoms with Crippen LogP contribution in [0.4, 0.5) is 0 Å². The molecule has 0 bridgehead atoms. The van der Waals surface area contributed by atoms with Crippen molar-refractivity contribution in [2.45, 2.75) is 62.7 Å². The standard InChI is InChI=1S/C28H38N10O5/c29-19(12-17-14-32-15-35-17)24(39)36-21(7-3-9-33-28(30)31)26(41)38-10-4-8-23(38)25(40)37-22(27(42)43)11-16-13-34-20-6-2-1-5-18(16)20/h1-2,5-6,13-15,19,21-23,34H,3-4,7-12,29H2,(H,32,35)(H,36,39)(H,37,40)(H,42,43)(H4,30,31,33). The maximum Gasteiger partial charge on any atom is 0.326 e. The van der Waals surface area contributed by atoms with Gasteiger partial charge in [-0.2, -0.15) is 0 Å². The van der Waals surface area contributed by atoms with Crippen LogP contribution >= 0.6 is 0 Å². The van der Waals surface area contributed by atoms with E-state index in [0.29, 0.717) is 25.0 Å². The lowest BCUT2D eigenvalue weighted by atomic mass is 10.0. The van der Waals surface area contributed by atoms with Crippen LogP contribution in [0.2, 0.25) is 0 Å². The Morgan fingerprint density at radius 2 is 1.91 bits per heavy atom. The lowest BCUT2D eigenvalue weighted by Crippen LogP contribution is -2.57. The van der Waals surface area contributed by atoms with Gasteiger partial charge in [0.05, 0.1) is 12.4 Å². The highest BCUT2D eigenvalue weighted by molar-refractivity contribution is 5.95. The summed E-state index contributed by atoms with van der Waals surface area (Å²) in [6, 6.07) is 3.43. The van der Waals surface area contributed by atoms with Crippen molar-refractivity contribution in [3.63, 3.8) is 0 Å². The molecule has 0 spiro atoms. The predicted molar refractivity (Wildman–Crippen MR) is 158 cm³/mol. The number of nitrogens with zero attached hydrogens (tertiary/aromatic N) is 3. The maximum atomic E-state index is 13.8. The molecule has 11 N–H and O–H groups in total. The van der Waals surface area contributed by atoms with Gasteiger partial charge in [-0.15, -0.1) is 0 Å². The monoisotopic (exact) mass is 594 g/mol. The zero-order valence-electron chi connectivity index (χ0n) is 23.7. The molecule has 3 amide bonds. The largest absolute Gasteiger partial charge is 0.480 e. The number of likely N-dealkylation sites (tertiary alicyclic amines) is 1. The Kier molecular flexibility index (Phi) is 10.3. The van der Waals surface area contributed by atoms with Gasteiger partial charge in [-0.25, -0.2) is 9.78 Å². The fraction of sp³-hybridized carbons (Fsp3) is 0.429. The van der Waals surface area contributed by atoms with Crippen LogP contribution < -0.4 is 27.8 Å². The van der Waals surface area contributed by atoms with Gasteiger partial charge in [-0.3, -0.25) is 19.4 Å². The van der Waals surface area contributed by atoms with Crippen molar-refractivity contribution in [2.24, 2.45) is 22.2 Å². The third-order valence-corrected chi connectivity index (χ3v) is 7.44. The first-order valence-electron chi connectivity index (χ1n) is 14.1. The lowest BCUT2D eigenvalue weighted by molar-refractivity contribution is -0.145. The van der Waals surface area contributed by atoms with E-state index in [1.807, 2.05) is 24.3 Å². The molecule has 1 aromatic carbocycles. The molecule has 1 aliphatic heterocycles. The number of amides is 3. The quantitative estimate of drug-likeness (QED) is 0.0653. The van der Waals surface area contributed by atoms with Gasteiger partial charge in [0.25, 0.3) is 0 Å². The number of carbonyl (C=O) groups excluding carboxylic acids is 3. The third-order valence-electron chi connectivity index (χ3n) is 7.44. The maximum absolute atomic E-state index is 13.8. The number of fused-ring (bicyclic) bond motifs is 1. The van der Waals surface area contributed by atoms with Gasteiger partial charge in [0, 0.05) is 54.9 Å². The summed E-state index contributed by atoms with van der Waals surface area (Å²) in [5.41, 5.74) is 19.2. The first kappa shape index (κ1) is 31.0. The van der Waals surface area contributed by atoms with E-state index in [4.69, 9.17) is 17.2 Å². The van der Waals surface area contributed by atoms with Crippen LogP contribution in [0.1, 0.15) is 36.9 Å². The van der Waals surface area contributed by atoms with Crippen LogP contribution in [0.25, 0.3) is 10.9 Å². The molecule has 230 valence electrons. The molecule has 4 rings (SSSR count). The second-order valence-electron chi connectivity index (χ2n) is 10.6. The van der Waals surface area contributed by atoms with E-state index < -0.39 is 47.9 Å². The Morgan fingerprint density at radius 3 is 2.63 bits per heavy atom. The number of imidazole rings is 1. The van der Waals surface area contributed by atoms with E-state index in [-0.39, 0.29) is 38.3 Å². The number of carboxylic acids is 1. The molecule has 4 unspecified atom stereocenters. The minimum atomic E-state index is -1.21. The Hall–Kier alpha value is -4.92. The van der Waals surface area contributed by atoms with Gasteiger partial charge in [0.2, 0.25) is 17.7 Å². The summed E-state index contributed by atoms with van der Waals surface area (Å²) >= 11 is 0. The molecule has 4 atom stereocenters. The highest BCUT2D eigenvalue weighted by Gasteiger charge is 2.39. The van der Waals surface area contributed by atoms with E-state index in [2.05, 4.69) is 30.6 Å². The smallest absolute Gasteiger partial charge is 0.326 e. The number of nitrogens with one attached hydrogen (secondary N) is 4. The van der Waals surface area contributed by atoms with Crippen molar-refractivity contribution in [3.8, 4) is 0 Å². The predicted octanol–water partition coefficient (Wildman–Crippen LogP) is -0.898. The molecular formula is C28H38N10O5. The van der Waals surface area contributed by atoms with Crippen LogP contribution in [-0.4, -0.2) is 91.9 Å². The number of aliphatic carboxylic acids is 1. The Morgan fingerprint density at radius 1 is 1.12 bits per heavy atom. The number of aliphatic imine (C=N–C) groups is 1. The normalized spacial score (nSPS) is 16.8. The van der Waals surface area contributed by atoms with Gasteiger partial charge >= 0.3 is 5.97 Å². The van der Waals surface area contributed by atoms with Gasteiger partial charge in [0.1, 0.15) is 18.1 Å². The number of carbonyl (C=O) groups is 4. The van der Waals surface area contributed by atoms with E-state index in [1.54, 1.807) is 12.4 Å². The molecule has 0 radical (unpaired) electrons. The number of aromatic nitrogens is 3. The van der Waals surface area contributed by atoms with E-state index in [9.17, 15) is 24.3 Å². The summed E-state index contributed by atoms with van der Waals surface area (Å²) in [5.74, 6) is -2.86. The highest BCUT2D eigenvalue weighted by Crippen LogP contribution is 2.22. The number of hydrogen-bond acceptors (Lipinski definition) is 7. The number of para-hydroxylation sites is 1. The van der Waals surface area contributed by atoms with Crippen molar-refractivity contribution >= 4 is 40.6 Å². The molecule has 15 nitrogen and oxygen atoms in total. The molecular weight excluding hydrogens is 556 g/mol. The first-order chi connectivity index (χ1) is 20.6. The average molecular weight is 595 g/mol. The molecule has 1 saturated heterocycles. The third kappa shape index (κ3) is 8.09. The second-order valence-corrected chi connectivity index (χ2v) is 10.6. The number of benzene rings is 1. The summed E-state index contributed by atoms with van der Waals surface area (Å²) < 4.78 is 0. The van der Waals surface area contributed by atoms with Gasteiger partial charge in [-0.1, -0.05) is 18.2 Å². The molecule has 3 heterocycles. The van der Waals surface area contributed by atoms with Gasteiger partial charge in [-0.05, 0) is 37.3 Å². The topological polar surface area (TPSA) is 251 Å². The summed E-state index contributed by atoms with van der Waals surface area (Å²) in [5, 5.41) is 16.1. The highest BCUT2D eigenvalue weighted by atomic mass is 16.4. The van der Waals surface area contributed by atoms with E-state index >= 15 is 0 Å². The average Bonchev–Trinajstić information content (AvgIpc) is 3.75. The van der Waals surface area contributed by atoms with Crippen LogP contribution in [0.3, 0.4) is 0 Å². The molecule has 1 aliphatic rings. The molecule has 2 aromatic heterocycles. The summed E-state index contributed by atoms with van der Waals surface area (Å²) in [7, 11) is 0. The number of guanidine groups is 1. The molecule has 3 aromatic rings. The lowest BCUT2D eigenvalue weighted by Gasteiger charge is -2.30. The first-order valence-corrected chi connectivity index (χ1v) is 14.1. The van der Waals surface area contributed by atoms with Crippen molar-refractivity contribution in [1.29, 1.82) is 0 Å². The number of hydrogen-bond donors (Lipinski definition) is 8. The van der Waals surface area contributed by atoms with Gasteiger partial charge in [0.15, 0.2) is 5.96 Å².